The van der Waals surface area contributed by atoms with Gasteiger partial charge >= 0.3 is 0 Å². The lowest BCUT2D eigenvalue weighted by Crippen LogP contribution is -2.36. The summed E-state index contributed by atoms with van der Waals surface area (Å²) in [7, 11) is 1.69. The third-order valence-corrected chi connectivity index (χ3v) is 2.60. The van der Waals surface area contributed by atoms with E-state index in [-0.39, 0.29) is 11.9 Å². The van der Waals surface area contributed by atoms with Gasteiger partial charge < -0.3 is 15.6 Å². The summed E-state index contributed by atoms with van der Waals surface area (Å²) >= 11 is 0. The van der Waals surface area contributed by atoms with Gasteiger partial charge in [0, 0.05) is 32.0 Å². The topological polar surface area (TPSA) is 90.8 Å². The minimum atomic E-state index is -0.222. The van der Waals surface area contributed by atoms with Crippen molar-refractivity contribution in [2.45, 2.75) is 19.5 Å². The largest absolute Gasteiger partial charge is 0.396 e. The van der Waals surface area contributed by atoms with Gasteiger partial charge in [-0.1, -0.05) is 0 Å². The van der Waals surface area contributed by atoms with Crippen molar-refractivity contribution in [1.29, 1.82) is 0 Å². The first kappa shape index (κ1) is 12.2. The second kappa shape index (κ2) is 4.91. The zero-order valence-corrected chi connectivity index (χ0v) is 10.4. The third-order valence-electron chi connectivity index (χ3n) is 2.60. The number of nitrogen functional groups attached to an aromatic ring is 1. The Labute approximate surface area is 105 Å². The molecule has 0 radical (unpaired) electrons. The van der Waals surface area contributed by atoms with Crippen LogP contribution in [0.3, 0.4) is 0 Å². The number of hydrogen-bond acceptors (Lipinski definition) is 4. The molecule has 7 heteroatoms. The molecule has 0 aliphatic rings. The van der Waals surface area contributed by atoms with Crippen LogP contribution in [0.2, 0.25) is 0 Å². The van der Waals surface area contributed by atoms with Crippen LogP contribution in [0.1, 0.15) is 17.4 Å². The molecule has 1 atom stereocenters. The van der Waals surface area contributed by atoms with Crippen molar-refractivity contribution in [3.8, 4) is 0 Å². The number of carbonyl (C=O) groups is 1. The monoisotopic (exact) mass is 248 g/mol. The quantitative estimate of drug-likeness (QED) is 0.798. The van der Waals surface area contributed by atoms with Crippen LogP contribution in [-0.4, -0.2) is 31.3 Å². The van der Waals surface area contributed by atoms with Crippen LogP contribution in [0.4, 0.5) is 5.69 Å². The standard InChI is InChI=1S/C11H16N6O/c1-8(6-17-4-3-13-7-17)15-11(18)10-9(12)5-14-16(10)2/h3-5,7-8H,6,12H2,1-2H3,(H,15,18). The van der Waals surface area contributed by atoms with E-state index < -0.39 is 0 Å². The van der Waals surface area contributed by atoms with Crippen LogP contribution >= 0.6 is 0 Å². The van der Waals surface area contributed by atoms with Crippen molar-refractivity contribution < 1.29 is 4.79 Å². The summed E-state index contributed by atoms with van der Waals surface area (Å²) in [5, 5.41) is 6.81. The van der Waals surface area contributed by atoms with E-state index in [0.717, 1.165) is 0 Å². The fraction of sp³-hybridized carbons (Fsp3) is 0.364. The molecule has 2 heterocycles. The molecule has 0 saturated carbocycles. The van der Waals surface area contributed by atoms with E-state index in [9.17, 15) is 4.79 Å². The zero-order valence-electron chi connectivity index (χ0n) is 10.4. The van der Waals surface area contributed by atoms with Gasteiger partial charge in [-0.15, -0.1) is 0 Å². The van der Waals surface area contributed by atoms with Crippen molar-refractivity contribution in [3.05, 3.63) is 30.6 Å². The third kappa shape index (κ3) is 2.50. The van der Waals surface area contributed by atoms with Gasteiger partial charge in [0.15, 0.2) is 0 Å². The van der Waals surface area contributed by atoms with Crippen LogP contribution in [0.25, 0.3) is 0 Å². The molecule has 96 valence electrons. The van der Waals surface area contributed by atoms with Crippen LogP contribution < -0.4 is 11.1 Å². The maximum atomic E-state index is 12.0. The predicted molar refractivity (Wildman–Crippen MR) is 66.8 cm³/mol. The van der Waals surface area contributed by atoms with Crippen molar-refractivity contribution in [3.63, 3.8) is 0 Å². The van der Waals surface area contributed by atoms with Crippen LogP contribution in [0.5, 0.6) is 0 Å². The van der Waals surface area contributed by atoms with Crippen molar-refractivity contribution in [1.82, 2.24) is 24.6 Å². The van der Waals surface area contributed by atoms with Gasteiger partial charge in [0.05, 0.1) is 18.2 Å². The van der Waals surface area contributed by atoms with E-state index in [2.05, 4.69) is 15.4 Å². The number of aromatic nitrogens is 4. The van der Waals surface area contributed by atoms with Crippen molar-refractivity contribution in [2.24, 2.45) is 7.05 Å². The highest BCUT2D eigenvalue weighted by Crippen LogP contribution is 2.09. The van der Waals surface area contributed by atoms with Gasteiger partial charge in [0.25, 0.3) is 5.91 Å². The molecule has 2 rings (SSSR count). The van der Waals surface area contributed by atoms with Crippen LogP contribution in [0.15, 0.2) is 24.9 Å². The Hall–Kier alpha value is -2.31. The Bertz CT molecular complexity index is 510. The number of amides is 1. The highest BCUT2D eigenvalue weighted by atomic mass is 16.2. The molecular formula is C11H16N6O. The van der Waals surface area contributed by atoms with E-state index in [4.69, 9.17) is 5.73 Å². The number of nitrogens with zero attached hydrogens (tertiary/aromatic N) is 4. The molecule has 0 aliphatic heterocycles. The average molecular weight is 248 g/mol. The molecule has 1 unspecified atom stereocenters. The number of hydrogen-bond donors (Lipinski definition) is 2. The van der Waals surface area contributed by atoms with E-state index >= 15 is 0 Å². The van der Waals surface area contributed by atoms with Gasteiger partial charge in [0.1, 0.15) is 5.69 Å². The molecule has 0 bridgehead atoms. The van der Waals surface area contributed by atoms with Gasteiger partial charge in [-0.3, -0.25) is 9.48 Å². The summed E-state index contributed by atoms with van der Waals surface area (Å²) in [5.74, 6) is -0.222. The summed E-state index contributed by atoms with van der Waals surface area (Å²) in [4.78, 5) is 16.0. The van der Waals surface area contributed by atoms with Crippen molar-refractivity contribution in [2.75, 3.05) is 5.73 Å². The van der Waals surface area contributed by atoms with Gasteiger partial charge in [0.2, 0.25) is 0 Å². The first-order valence-corrected chi connectivity index (χ1v) is 5.62. The summed E-state index contributed by atoms with van der Waals surface area (Å²) in [6, 6.07) is -0.0269. The molecule has 0 fully saturated rings. The average Bonchev–Trinajstić information content (AvgIpc) is 2.89. The fourth-order valence-electron chi connectivity index (χ4n) is 1.78. The Morgan fingerprint density at radius 2 is 2.39 bits per heavy atom. The lowest BCUT2D eigenvalue weighted by atomic mass is 10.3. The van der Waals surface area contributed by atoms with Crippen molar-refractivity contribution >= 4 is 11.6 Å². The molecule has 0 spiro atoms. The van der Waals surface area contributed by atoms with E-state index in [1.807, 2.05) is 17.7 Å². The maximum Gasteiger partial charge on any atom is 0.271 e. The fourth-order valence-corrected chi connectivity index (χ4v) is 1.78. The van der Waals surface area contributed by atoms with E-state index in [1.165, 1.54) is 10.9 Å². The number of imidazole rings is 1. The number of aryl methyl sites for hydroxylation is 1. The normalized spacial score (nSPS) is 12.3. The van der Waals surface area contributed by atoms with Gasteiger partial charge in [-0.25, -0.2) is 4.98 Å². The molecule has 1 amide bonds. The van der Waals surface area contributed by atoms with E-state index in [1.54, 1.807) is 19.6 Å². The molecule has 2 aromatic heterocycles. The maximum absolute atomic E-state index is 12.0. The molecular weight excluding hydrogens is 232 g/mol. The minimum Gasteiger partial charge on any atom is -0.396 e. The van der Waals surface area contributed by atoms with Gasteiger partial charge in [-0.2, -0.15) is 5.10 Å². The first-order valence-electron chi connectivity index (χ1n) is 5.62. The Morgan fingerprint density at radius 3 is 2.94 bits per heavy atom. The second-order valence-electron chi connectivity index (χ2n) is 4.21. The number of rotatable bonds is 4. The van der Waals surface area contributed by atoms with Crippen LogP contribution in [-0.2, 0) is 13.6 Å². The molecule has 0 saturated heterocycles. The molecule has 3 N–H and O–H groups in total. The number of nitrogens with one attached hydrogen (secondary N) is 1. The molecule has 0 aromatic carbocycles. The Kier molecular flexibility index (Phi) is 3.31. The summed E-state index contributed by atoms with van der Waals surface area (Å²) < 4.78 is 3.37. The van der Waals surface area contributed by atoms with Gasteiger partial charge in [-0.05, 0) is 6.92 Å². The molecule has 18 heavy (non-hydrogen) atoms. The molecule has 0 aliphatic carbocycles. The first-order chi connectivity index (χ1) is 8.58. The summed E-state index contributed by atoms with van der Waals surface area (Å²) in [5.41, 5.74) is 6.46. The minimum absolute atomic E-state index is 0.0269. The summed E-state index contributed by atoms with van der Waals surface area (Å²) in [6.07, 6.45) is 6.73. The number of carbonyl (C=O) groups excluding carboxylic acids is 1. The lowest BCUT2D eigenvalue weighted by Gasteiger charge is -2.14. The highest BCUT2D eigenvalue weighted by molar-refractivity contribution is 5.97. The lowest BCUT2D eigenvalue weighted by molar-refractivity contribution is 0.0928. The predicted octanol–water partition coefficient (Wildman–Crippen LogP) is 0.0173. The number of nitrogens with two attached hydrogens (primary N) is 1. The van der Waals surface area contributed by atoms with E-state index in [0.29, 0.717) is 17.9 Å². The number of anilines is 1. The second-order valence-corrected chi connectivity index (χ2v) is 4.21. The Morgan fingerprint density at radius 1 is 1.61 bits per heavy atom. The SMILES string of the molecule is CC(Cn1ccnc1)NC(=O)c1c(N)cnn1C. The van der Waals surface area contributed by atoms with Crippen LogP contribution in [0, 0.1) is 0 Å². The summed E-state index contributed by atoms with van der Waals surface area (Å²) in [6.45, 7) is 2.58. The zero-order chi connectivity index (χ0) is 13.1. The Balaban J connectivity index is 1.99. The molecule has 2 aromatic rings. The molecule has 7 nitrogen and oxygen atoms in total. The smallest absolute Gasteiger partial charge is 0.271 e. The highest BCUT2D eigenvalue weighted by Gasteiger charge is 2.16.